The second kappa shape index (κ2) is 33.2. The average Bonchev–Trinajstić information content (AvgIpc) is 1.60. The third kappa shape index (κ3) is 15.6. The number of fused-ring (bicyclic) bond motifs is 23. The largest absolute Gasteiger partial charge is 2.00 e. The maximum Gasteiger partial charge on any atom is 2.00 e. The van der Waals surface area contributed by atoms with Gasteiger partial charge in [0.25, 0.3) is 0 Å². The van der Waals surface area contributed by atoms with Crippen LogP contribution >= 0.6 is 0 Å². The number of para-hydroxylation sites is 3. The van der Waals surface area contributed by atoms with Crippen LogP contribution in [0.3, 0.4) is 0 Å². The van der Waals surface area contributed by atoms with Crippen LogP contribution in [0.25, 0.3) is 162 Å². The van der Waals surface area contributed by atoms with Gasteiger partial charge in [0.2, 0.25) is 0 Å². The van der Waals surface area contributed by atoms with Crippen molar-refractivity contribution < 1.29 is 47.4 Å². The van der Waals surface area contributed by atoms with Crippen molar-refractivity contribution in [3.8, 4) is 96.0 Å². The summed E-state index contributed by atoms with van der Waals surface area (Å²) in [6, 6.07) is 120. The number of anilines is 3. The second-order valence-electron chi connectivity index (χ2n) is 26.6. The monoisotopic (exact) mass is 1670 g/mol. The summed E-state index contributed by atoms with van der Waals surface area (Å²) < 4.78 is 2.36. The zero-order valence-corrected chi connectivity index (χ0v) is 63.5. The second-order valence-corrected chi connectivity index (χ2v) is 26.6. The fraction of sp³-hybridized carbons (Fsp3) is 0.0526. The molecule has 2 aliphatic rings. The van der Waals surface area contributed by atoms with Crippen molar-refractivity contribution in [2.75, 3.05) is 4.90 Å². The number of benzene rings is 13. The van der Waals surface area contributed by atoms with Crippen molar-refractivity contribution in [1.29, 1.82) is 0 Å². The molecule has 0 spiro atoms. The van der Waals surface area contributed by atoms with Gasteiger partial charge in [-0.05, 0) is 142 Å². The molecule has 18 aromatic rings. The summed E-state index contributed by atoms with van der Waals surface area (Å²) in [5.74, 6) is 2.21. The predicted molar refractivity (Wildman–Crippen MR) is 440 cm³/mol. The van der Waals surface area contributed by atoms with Gasteiger partial charge in [-0.3, -0.25) is 4.98 Å². The number of nitrogens with zero attached hydrogens (tertiary/aromatic N) is 12. The summed E-state index contributed by atoms with van der Waals surface area (Å²) in [7, 11) is 0. The molecule has 0 amide bonds. The van der Waals surface area contributed by atoms with Crippen LogP contribution in [0.4, 0.5) is 17.1 Å². The van der Waals surface area contributed by atoms with Gasteiger partial charge in [-0.2, -0.15) is 0 Å². The van der Waals surface area contributed by atoms with Crippen LogP contribution in [-0.2, 0) is 37.2 Å². The molecule has 14 nitrogen and oxygen atoms in total. The van der Waals surface area contributed by atoms with Crippen molar-refractivity contribution in [3.63, 3.8) is 0 Å². The molecular weight excluding hydrogens is 1600 g/mol. The topological polar surface area (TPSA) is 180 Å². The van der Waals surface area contributed by atoms with E-state index in [1.165, 1.54) is 49.7 Å². The maximum atomic E-state index is 8.56. The Labute approximate surface area is 665 Å². The third-order valence-corrected chi connectivity index (χ3v) is 19.1. The van der Waals surface area contributed by atoms with Crippen molar-refractivity contribution in [1.82, 2.24) is 54.4 Å². The quantitative estimate of drug-likeness (QED) is 0.0976. The van der Waals surface area contributed by atoms with Crippen LogP contribution in [0.15, 0.2) is 346 Å². The number of aromatic nitrogens is 11. The first-order chi connectivity index (χ1) is 53.7. The molecule has 13 aromatic carbocycles. The Morgan fingerprint density at radius 3 is 1.17 bits per heavy atom. The minimum Gasteiger partial charge on any atom is -0.393 e. The molecule has 8 bridgehead atoms. The number of hydrogen-bond acceptors (Lipinski definition) is 11. The Kier molecular flexibility index (Phi) is 22.0. The standard InChI is InChI=1S/C42H30N2.C32H16N8.C16H11N2.C5H12O2.Cu.Ir/c1-4-12-31(13-5-1)32-20-25-37(26-21-32)43(35-14-6-2-7-15-35)38-27-22-33(23-28-38)34-24-29-42-40(30-34)39-18-10-11-19-41(39)44(42)36-16-8-3-9-17-36;1-2-10-18-17(9-1)25-33-26(18)38-28-21-13-5-6-14-22(21)30(35-28)40-32-24-16-8-7-15-23(24)31(36-32)39-29-20-12-4-3-11-19(20)27(34-29)37-25;1-3-7-13(8-4-1)15-11-16(18-12-17-15)14-9-5-2-6-10-14;1-4(6)3-5(2)7;;/h1-30H;1-16H;1-9,11-12H;4-7H,3H2,1-2H3;;/q;-2;-1;;+2;. The average molecular weight is 1670 g/mol. The molecule has 7 heterocycles. The molecule has 542 valence electrons. The number of aliphatic hydroxyl groups excluding tert-OH is 2. The van der Waals surface area contributed by atoms with E-state index in [0.29, 0.717) is 52.3 Å². The zero-order chi connectivity index (χ0) is 73.6. The van der Waals surface area contributed by atoms with Crippen molar-refractivity contribution in [2.45, 2.75) is 32.5 Å². The summed E-state index contributed by atoms with van der Waals surface area (Å²) in [6.45, 7) is 3.32. The van der Waals surface area contributed by atoms with Crippen molar-refractivity contribution in [3.05, 3.63) is 352 Å². The van der Waals surface area contributed by atoms with E-state index in [9.17, 15) is 0 Å². The number of rotatable bonds is 10. The first-order valence-electron chi connectivity index (χ1n) is 36.2. The molecule has 111 heavy (non-hydrogen) atoms. The van der Waals surface area contributed by atoms with Crippen LogP contribution in [0, 0.1) is 6.07 Å². The normalized spacial score (nSPS) is 11.6. The van der Waals surface area contributed by atoms with Gasteiger partial charge < -0.3 is 49.6 Å². The maximum absolute atomic E-state index is 8.56. The van der Waals surface area contributed by atoms with Crippen LogP contribution in [0.5, 0.6) is 0 Å². The van der Waals surface area contributed by atoms with E-state index < -0.39 is 0 Å². The van der Waals surface area contributed by atoms with E-state index in [1.54, 1.807) is 20.2 Å². The Balaban J connectivity index is 0.000000134. The van der Waals surface area contributed by atoms with Crippen LogP contribution in [-0.4, -0.2) is 66.9 Å². The molecule has 0 aliphatic carbocycles. The van der Waals surface area contributed by atoms with Gasteiger partial charge in [-0.1, -0.05) is 249 Å². The summed E-state index contributed by atoms with van der Waals surface area (Å²) in [5.41, 5.74) is 21.5. The summed E-state index contributed by atoms with van der Waals surface area (Å²) in [6.07, 6.45) is 1.32. The smallest absolute Gasteiger partial charge is 0.393 e. The van der Waals surface area contributed by atoms with Crippen LogP contribution < -0.4 is 14.9 Å². The molecule has 2 radical (unpaired) electrons. The van der Waals surface area contributed by atoms with E-state index in [0.717, 1.165) is 83.4 Å². The Bertz CT molecular complexity index is 6090. The molecule has 20 rings (SSSR count). The molecule has 2 atom stereocenters. The Morgan fingerprint density at radius 2 is 0.712 bits per heavy atom. The molecule has 2 unspecified atom stereocenters. The van der Waals surface area contributed by atoms with E-state index in [-0.39, 0.29) is 49.4 Å². The Hall–Kier alpha value is -13.0. The van der Waals surface area contributed by atoms with Gasteiger partial charge in [0.1, 0.15) is 6.33 Å². The van der Waals surface area contributed by atoms with Crippen LogP contribution in [0.1, 0.15) is 20.3 Å². The SMILES string of the molecule is CC(O)CC(C)O.[Cu+2].[Ir].[c-]1ccccc1-c1cc(-c2ccccc2)ncn1.c1ccc(-c2ccc(N(c3ccccc3)c3ccc(-c4ccc5c(c4)c4ccccc4n5-c4ccccc4)cc3)cc2)cc1.c1ccc2c(c1)-c1nc-2nc2[n-]c(nc3nc(nc4[n-]c(n1)c1ccccc41)-c1ccccc1-3)c1ccccc21. The molecule has 16 heteroatoms. The van der Waals surface area contributed by atoms with E-state index in [1.807, 2.05) is 158 Å². The summed E-state index contributed by atoms with van der Waals surface area (Å²) in [5, 5.41) is 23.2. The summed E-state index contributed by atoms with van der Waals surface area (Å²) in [4.78, 5) is 50.2. The fourth-order valence-corrected chi connectivity index (χ4v) is 14.0. The molecular formula is C95H69CuIrN12O2-. The molecule has 0 saturated heterocycles. The van der Waals surface area contributed by atoms with E-state index in [4.69, 9.17) is 50.1 Å². The number of hydrogen-bond donors (Lipinski definition) is 2. The molecule has 2 N–H and O–H groups in total. The summed E-state index contributed by atoms with van der Waals surface area (Å²) >= 11 is 0. The Morgan fingerprint density at radius 1 is 0.342 bits per heavy atom. The van der Waals surface area contributed by atoms with Crippen molar-refractivity contribution in [2.24, 2.45) is 0 Å². The molecule has 5 aromatic heterocycles. The molecule has 0 fully saturated rings. The minimum absolute atomic E-state index is 0. The zero-order valence-electron chi connectivity index (χ0n) is 60.2. The van der Waals surface area contributed by atoms with Crippen molar-refractivity contribution >= 4 is 83.0 Å². The van der Waals surface area contributed by atoms with Gasteiger partial charge in [0, 0.05) is 98.5 Å². The van der Waals surface area contributed by atoms with Gasteiger partial charge in [0.05, 0.1) is 52.2 Å². The van der Waals surface area contributed by atoms with Gasteiger partial charge >= 0.3 is 17.1 Å². The van der Waals surface area contributed by atoms with Gasteiger partial charge in [0.15, 0.2) is 0 Å². The van der Waals surface area contributed by atoms with Crippen LogP contribution in [0.2, 0.25) is 0 Å². The van der Waals surface area contributed by atoms with Gasteiger partial charge in [-0.15, -0.1) is 35.9 Å². The number of aliphatic hydroxyl groups is 2. The van der Waals surface area contributed by atoms with Gasteiger partial charge in [-0.25, -0.2) is 15.0 Å². The minimum atomic E-state index is -0.375. The molecule has 0 saturated carbocycles. The predicted octanol–water partition coefficient (Wildman–Crippen LogP) is 21.5. The fourth-order valence-electron chi connectivity index (χ4n) is 14.0. The van der Waals surface area contributed by atoms with E-state index in [2.05, 4.69) is 207 Å². The first kappa shape index (κ1) is 73.5. The molecule has 2 aliphatic heterocycles. The first-order valence-corrected chi connectivity index (χ1v) is 36.2. The third-order valence-electron chi connectivity index (χ3n) is 19.1. The van der Waals surface area contributed by atoms with E-state index >= 15 is 0 Å².